The highest BCUT2D eigenvalue weighted by Gasteiger charge is 2.26. The summed E-state index contributed by atoms with van der Waals surface area (Å²) >= 11 is 0. The Hall–Kier alpha value is -0.770. The van der Waals surface area contributed by atoms with Gasteiger partial charge in [-0.1, -0.05) is 31.8 Å². The second kappa shape index (κ2) is 5.95. The Balaban J connectivity index is 2.25. The molecule has 0 bridgehead atoms. The number of hydrogen-bond acceptors (Lipinski definition) is 3. The molecule has 0 heterocycles. The van der Waals surface area contributed by atoms with Crippen LogP contribution in [0.1, 0.15) is 39.5 Å². The fourth-order valence-electron chi connectivity index (χ4n) is 2.31. The van der Waals surface area contributed by atoms with Gasteiger partial charge in [0.2, 0.25) is 0 Å². The largest absolute Gasteiger partial charge is 0.409 e. The van der Waals surface area contributed by atoms with Crippen LogP contribution in [0.5, 0.6) is 0 Å². The van der Waals surface area contributed by atoms with Crippen molar-refractivity contribution in [2.24, 2.45) is 22.7 Å². The summed E-state index contributed by atoms with van der Waals surface area (Å²) in [6.07, 6.45) is 4.53. The molecular weight excluding hydrogens is 190 g/mol. The van der Waals surface area contributed by atoms with Gasteiger partial charge in [0.25, 0.3) is 0 Å². The number of nitrogens with one attached hydrogen (secondary N) is 1. The predicted molar refractivity (Wildman–Crippen MR) is 62.0 cm³/mol. The van der Waals surface area contributed by atoms with Crippen LogP contribution in [0.2, 0.25) is 0 Å². The van der Waals surface area contributed by atoms with E-state index in [4.69, 9.17) is 10.9 Å². The van der Waals surface area contributed by atoms with Crippen LogP contribution in [0.25, 0.3) is 0 Å². The summed E-state index contributed by atoms with van der Waals surface area (Å²) in [5.74, 6) is 1.84. The van der Waals surface area contributed by atoms with E-state index in [0.717, 1.165) is 18.4 Å². The summed E-state index contributed by atoms with van der Waals surface area (Å²) in [7, 11) is 0. The van der Waals surface area contributed by atoms with Crippen molar-refractivity contribution >= 4 is 5.84 Å². The quantitative estimate of drug-likeness (QED) is 0.287. The Morgan fingerprint density at radius 2 is 2.20 bits per heavy atom. The number of nitrogens with two attached hydrogens (primary N) is 1. The summed E-state index contributed by atoms with van der Waals surface area (Å²) < 4.78 is 0. The lowest BCUT2D eigenvalue weighted by molar-refractivity contribution is 0.208. The van der Waals surface area contributed by atoms with E-state index in [1.165, 1.54) is 19.3 Å². The van der Waals surface area contributed by atoms with Crippen LogP contribution in [0.3, 0.4) is 0 Å². The number of nitrogens with zero attached hydrogens (tertiary/aromatic N) is 1. The van der Waals surface area contributed by atoms with Crippen LogP contribution in [-0.2, 0) is 0 Å². The van der Waals surface area contributed by atoms with Crippen molar-refractivity contribution in [2.45, 2.75) is 45.6 Å². The summed E-state index contributed by atoms with van der Waals surface area (Å²) in [4.78, 5) is 0. The molecule has 3 atom stereocenters. The van der Waals surface area contributed by atoms with Gasteiger partial charge in [0.05, 0.1) is 0 Å². The molecule has 1 rings (SSSR count). The molecule has 0 aliphatic heterocycles. The molecule has 0 aromatic heterocycles. The smallest absolute Gasteiger partial charge is 0.140 e. The molecular formula is C11H23N3O. The highest BCUT2D eigenvalue weighted by atomic mass is 16.4. The van der Waals surface area contributed by atoms with Crippen LogP contribution < -0.4 is 11.1 Å². The lowest BCUT2D eigenvalue weighted by Gasteiger charge is -2.34. The zero-order valence-electron chi connectivity index (χ0n) is 9.74. The van der Waals surface area contributed by atoms with Crippen molar-refractivity contribution in [1.82, 2.24) is 5.32 Å². The van der Waals surface area contributed by atoms with Crippen LogP contribution in [0.15, 0.2) is 5.16 Å². The van der Waals surface area contributed by atoms with Crippen LogP contribution in [-0.4, -0.2) is 23.6 Å². The predicted octanol–water partition coefficient (Wildman–Crippen LogP) is 1.54. The van der Waals surface area contributed by atoms with E-state index in [9.17, 15) is 0 Å². The van der Waals surface area contributed by atoms with Gasteiger partial charge in [-0.25, -0.2) is 0 Å². The summed E-state index contributed by atoms with van der Waals surface area (Å²) in [6.45, 7) is 5.44. The number of amidine groups is 1. The maximum atomic E-state index is 8.40. The third-order valence-corrected chi connectivity index (χ3v) is 3.62. The average Bonchev–Trinajstić information content (AvgIpc) is 2.24. The number of rotatable bonds is 4. The fraction of sp³-hybridized carbons (Fsp3) is 0.909. The molecule has 4 heteroatoms. The zero-order chi connectivity index (χ0) is 11.3. The molecule has 3 unspecified atom stereocenters. The molecule has 88 valence electrons. The monoisotopic (exact) mass is 213 g/mol. The maximum Gasteiger partial charge on any atom is 0.140 e. The molecule has 0 aromatic rings. The zero-order valence-corrected chi connectivity index (χ0v) is 9.74. The van der Waals surface area contributed by atoms with Gasteiger partial charge in [-0.05, 0) is 18.3 Å². The molecule has 0 saturated heterocycles. The fourth-order valence-corrected chi connectivity index (χ4v) is 2.31. The number of hydrogen-bond donors (Lipinski definition) is 3. The number of oxime groups is 1. The first kappa shape index (κ1) is 12.3. The molecule has 15 heavy (non-hydrogen) atoms. The molecule has 1 fully saturated rings. The van der Waals surface area contributed by atoms with E-state index in [-0.39, 0.29) is 0 Å². The van der Waals surface area contributed by atoms with Gasteiger partial charge < -0.3 is 16.3 Å². The minimum atomic E-state index is 0.305. The third kappa shape index (κ3) is 3.70. The van der Waals surface area contributed by atoms with E-state index in [0.29, 0.717) is 18.3 Å². The Labute approximate surface area is 91.9 Å². The second-order valence-corrected chi connectivity index (χ2v) is 4.67. The van der Waals surface area contributed by atoms with Gasteiger partial charge in [-0.2, -0.15) is 0 Å². The van der Waals surface area contributed by atoms with Crippen LogP contribution >= 0.6 is 0 Å². The van der Waals surface area contributed by atoms with Gasteiger partial charge in [0.15, 0.2) is 0 Å². The topological polar surface area (TPSA) is 70.6 Å². The Kier molecular flexibility index (Phi) is 4.88. The highest BCUT2D eigenvalue weighted by Crippen LogP contribution is 2.29. The van der Waals surface area contributed by atoms with Gasteiger partial charge in [0, 0.05) is 19.0 Å². The lowest BCUT2D eigenvalue weighted by atomic mass is 9.78. The van der Waals surface area contributed by atoms with Crippen molar-refractivity contribution < 1.29 is 5.21 Å². The summed E-state index contributed by atoms with van der Waals surface area (Å²) in [6, 6.07) is 0.597. The SMILES string of the molecule is CC1CCCC(NCCC(N)=NO)C1C. The average molecular weight is 213 g/mol. The highest BCUT2D eigenvalue weighted by molar-refractivity contribution is 5.79. The Morgan fingerprint density at radius 1 is 1.47 bits per heavy atom. The maximum absolute atomic E-state index is 8.40. The Bertz CT molecular complexity index is 218. The van der Waals surface area contributed by atoms with Crippen molar-refractivity contribution in [3.05, 3.63) is 0 Å². The van der Waals surface area contributed by atoms with E-state index < -0.39 is 0 Å². The van der Waals surface area contributed by atoms with Gasteiger partial charge in [0.1, 0.15) is 5.84 Å². The molecule has 1 saturated carbocycles. The molecule has 4 nitrogen and oxygen atoms in total. The van der Waals surface area contributed by atoms with Crippen molar-refractivity contribution in [3.8, 4) is 0 Å². The Morgan fingerprint density at radius 3 is 2.87 bits per heavy atom. The minimum Gasteiger partial charge on any atom is -0.409 e. The van der Waals surface area contributed by atoms with Crippen LogP contribution in [0, 0.1) is 11.8 Å². The van der Waals surface area contributed by atoms with Crippen molar-refractivity contribution in [3.63, 3.8) is 0 Å². The molecule has 1 aliphatic rings. The van der Waals surface area contributed by atoms with E-state index in [1.807, 2.05) is 0 Å². The van der Waals surface area contributed by atoms with E-state index in [2.05, 4.69) is 24.3 Å². The molecule has 0 amide bonds. The second-order valence-electron chi connectivity index (χ2n) is 4.67. The first-order valence-corrected chi connectivity index (χ1v) is 5.85. The van der Waals surface area contributed by atoms with Crippen molar-refractivity contribution in [2.75, 3.05) is 6.54 Å². The van der Waals surface area contributed by atoms with Gasteiger partial charge >= 0.3 is 0 Å². The lowest BCUT2D eigenvalue weighted by Crippen LogP contribution is -2.41. The molecule has 4 N–H and O–H groups in total. The minimum absolute atomic E-state index is 0.305. The van der Waals surface area contributed by atoms with Gasteiger partial charge in [-0.3, -0.25) is 0 Å². The summed E-state index contributed by atoms with van der Waals surface area (Å²) in [5.41, 5.74) is 5.41. The van der Waals surface area contributed by atoms with E-state index in [1.54, 1.807) is 0 Å². The molecule has 0 aromatic carbocycles. The van der Waals surface area contributed by atoms with E-state index >= 15 is 0 Å². The third-order valence-electron chi connectivity index (χ3n) is 3.62. The normalized spacial score (nSPS) is 32.9. The molecule has 0 spiro atoms. The molecule has 1 aliphatic carbocycles. The summed E-state index contributed by atoms with van der Waals surface area (Å²) in [5, 5.41) is 14.9. The van der Waals surface area contributed by atoms with Crippen LogP contribution in [0.4, 0.5) is 0 Å². The molecule has 0 radical (unpaired) electrons. The van der Waals surface area contributed by atoms with Crippen molar-refractivity contribution in [1.29, 1.82) is 0 Å². The first-order chi connectivity index (χ1) is 7.15. The van der Waals surface area contributed by atoms with Gasteiger partial charge in [-0.15, -0.1) is 0 Å². The first-order valence-electron chi connectivity index (χ1n) is 5.85. The standard InChI is InChI=1S/C11H23N3O/c1-8-4-3-5-10(9(8)2)13-7-6-11(12)14-15/h8-10,13,15H,3-7H2,1-2H3,(H2,12,14).